The van der Waals surface area contributed by atoms with E-state index in [9.17, 15) is 9.59 Å². The van der Waals surface area contributed by atoms with Gasteiger partial charge in [0.15, 0.2) is 0 Å². The Morgan fingerprint density at radius 2 is 2.13 bits per heavy atom. The first kappa shape index (κ1) is 12.4. The van der Waals surface area contributed by atoms with E-state index >= 15 is 0 Å². The first-order valence-corrected chi connectivity index (χ1v) is 5.67. The van der Waals surface area contributed by atoms with Gasteiger partial charge in [-0.05, 0) is 49.6 Å². The van der Waals surface area contributed by atoms with Crippen molar-refractivity contribution in [3.63, 3.8) is 0 Å². The molecule has 0 atom stereocenters. The van der Waals surface area contributed by atoms with Crippen LogP contribution in [0.15, 0.2) is 21.1 Å². The Kier molecular flexibility index (Phi) is 4.47. The Morgan fingerprint density at radius 3 is 2.67 bits per heavy atom. The summed E-state index contributed by atoms with van der Waals surface area (Å²) in [6.45, 7) is 0. The van der Waals surface area contributed by atoms with E-state index in [4.69, 9.17) is 0 Å². The summed E-state index contributed by atoms with van der Waals surface area (Å²) in [5, 5.41) is 0. The SMILES string of the molecule is COC(=O)Cc1cc(C=O)cc(Br)c1Br. The Bertz CT molecular complexity index is 402. The van der Waals surface area contributed by atoms with Crippen molar-refractivity contribution in [2.75, 3.05) is 7.11 Å². The number of rotatable bonds is 3. The highest BCUT2D eigenvalue weighted by atomic mass is 79.9. The van der Waals surface area contributed by atoms with Gasteiger partial charge in [0.05, 0.1) is 13.5 Å². The van der Waals surface area contributed by atoms with Crippen LogP contribution in [-0.4, -0.2) is 19.4 Å². The van der Waals surface area contributed by atoms with E-state index in [0.717, 1.165) is 20.8 Å². The van der Waals surface area contributed by atoms with Crippen LogP contribution in [0.3, 0.4) is 0 Å². The van der Waals surface area contributed by atoms with E-state index in [0.29, 0.717) is 5.56 Å². The first-order chi connectivity index (χ1) is 7.08. The largest absolute Gasteiger partial charge is 0.469 e. The van der Waals surface area contributed by atoms with Crippen molar-refractivity contribution in [2.24, 2.45) is 0 Å². The summed E-state index contributed by atoms with van der Waals surface area (Å²) in [5.74, 6) is -0.342. The highest BCUT2D eigenvalue weighted by Gasteiger charge is 2.10. The van der Waals surface area contributed by atoms with Crippen LogP contribution in [0.25, 0.3) is 0 Å². The van der Waals surface area contributed by atoms with Crippen LogP contribution >= 0.6 is 31.9 Å². The van der Waals surface area contributed by atoms with Crippen LogP contribution in [0.1, 0.15) is 15.9 Å². The smallest absolute Gasteiger partial charge is 0.310 e. The quantitative estimate of drug-likeness (QED) is 0.630. The van der Waals surface area contributed by atoms with Gasteiger partial charge < -0.3 is 4.74 Å². The van der Waals surface area contributed by atoms with Gasteiger partial charge in [-0.2, -0.15) is 0 Å². The van der Waals surface area contributed by atoms with E-state index in [2.05, 4.69) is 36.6 Å². The van der Waals surface area contributed by atoms with Gasteiger partial charge in [0.1, 0.15) is 6.29 Å². The molecule has 0 amide bonds. The fourth-order valence-electron chi connectivity index (χ4n) is 1.09. The van der Waals surface area contributed by atoms with Crippen molar-refractivity contribution in [2.45, 2.75) is 6.42 Å². The maximum absolute atomic E-state index is 11.1. The van der Waals surface area contributed by atoms with Gasteiger partial charge in [-0.25, -0.2) is 0 Å². The minimum atomic E-state index is -0.342. The molecular formula is C10H8Br2O3. The fraction of sp³-hybridized carbons (Fsp3) is 0.200. The topological polar surface area (TPSA) is 43.4 Å². The lowest BCUT2D eigenvalue weighted by Crippen LogP contribution is -2.05. The molecule has 0 aliphatic carbocycles. The summed E-state index contributed by atoms with van der Waals surface area (Å²) >= 11 is 6.62. The average Bonchev–Trinajstić information content (AvgIpc) is 2.24. The number of hydrogen-bond acceptors (Lipinski definition) is 3. The van der Waals surface area contributed by atoms with Crippen LogP contribution < -0.4 is 0 Å². The summed E-state index contributed by atoms with van der Waals surface area (Å²) < 4.78 is 6.06. The molecule has 0 heterocycles. The molecule has 80 valence electrons. The molecule has 15 heavy (non-hydrogen) atoms. The van der Waals surface area contributed by atoms with E-state index in [1.807, 2.05) is 0 Å². The summed E-state index contributed by atoms with van der Waals surface area (Å²) in [6, 6.07) is 3.33. The van der Waals surface area contributed by atoms with E-state index in [1.54, 1.807) is 12.1 Å². The molecule has 0 aliphatic heterocycles. The minimum absolute atomic E-state index is 0.136. The summed E-state index contributed by atoms with van der Waals surface area (Å²) in [6.07, 6.45) is 0.870. The van der Waals surface area contributed by atoms with Gasteiger partial charge in [0.25, 0.3) is 0 Å². The monoisotopic (exact) mass is 334 g/mol. The van der Waals surface area contributed by atoms with Crippen molar-refractivity contribution in [1.82, 2.24) is 0 Å². The van der Waals surface area contributed by atoms with Gasteiger partial charge in [-0.15, -0.1) is 0 Å². The van der Waals surface area contributed by atoms with Crippen molar-refractivity contribution < 1.29 is 14.3 Å². The number of methoxy groups -OCH3 is 1. The fourth-order valence-corrected chi connectivity index (χ4v) is 1.98. The Balaban J connectivity index is 3.10. The van der Waals surface area contributed by atoms with E-state index in [1.165, 1.54) is 7.11 Å². The molecule has 1 rings (SSSR count). The van der Waals surface area contributed by atoms with Crippen molar-refractivity contribution in [1.29, 1.82) is 0 Å². The second-order valence-electron chi connectivity index (χ2n) is 2.85. The highest BCUT2D eigenvalue weighted by molar-refractivity contribution is 9.13. The number of hydrogen-bond donors (Lipinski definition) is 0. The van der Waals surface area contributed by atoms with Crippen LogP contribution in [-0.2, 0) is 16.0 Å². The Morgan fingerprint density at radius 1 is 1.47 bits per heavy atom. The van der Waals surface area contributed by atoms with Gasteiger partial charge in [-0.3, -0.25) is 9.59 Å². The number of esters is 1. The number of carbonyl (C=O) groups is 2. The van der Waals surface area contributed by atoms with Gasteiger partial charge >= 0.3 is 5.97 Å². The number of carbonyl (C=O) groups excluding carboxylic acids is 2. The van der Waals surface area contributed by atoms with Gasteiger partial charge in [-0.1, -0.05) is 0 Å². The third-order valence-electron chi connectivity index (χ3n) is 1.82. The molecule has 1 aromatic carbocycles. The van der Waals surface area contributed by atoms with Gasteiger partial charge in [0, 0.05) is 14.5 Å². The summed E-state index contributed by atoms with van der Waals surface area (Å²) in [4.78, 5) is 21.7. The van der Waals surface area contributed by atoms with E-state index < -0.39 is 0 Å². The molecule has 0 unspecified atom stereocenters. The maximum atomic E-state index is 11.1. The van der Waals surface area contributed by atoms with E-state index in [-0.39, 0.29) is 12.4 Å². The lowest BCUT2D eigenvalue weighted by Gasteiger charge is -2.06. The zero-order valence-electron chi connectivity index (χ0n) is 7.92. The number of aldehydes is 1. The predicted octanol–water partition coefficient (Wildman–Crippen LogP) is 2.74. The molecular weight excluding hydrogens is 328 g/mol. The molecule has 1 aromatic rings. The number of benzene rings is 1. The molecule has 0 aliphatic rings. The molecule has 0 saturated heterocycles. The average molecular weight is 336 g/mol. The number of halogens is 2. The van der Waals surface area contributed by atoms with Crippen molar-refractivity contribution in [3.05, 3.63) is 32.2 Å². The number of ether oxygens (including phenoxy) is 1. The molecule has 0 spiro atoms. The molecule has 0 N–H and O–H groups in total. The third-order valence-corrected chi connectivity index (χ3v) is 3.92. The zero-order chi connectivity index (χ0) is 11.4. The minimum Gasteiger partial charge on any atom is -0.469 e. The third kappa shape index (κ3) is 3.14. The Hall–Kier alpha value is -0.680. The standard InChI is InChI=1S/C10H8Br2O3/c1-15-9(14)4-7-2-6(5-13)3-8(11)10(7)12/h2-3,5H,4H2,1H3. The Labute approximate surface area is 104 Å². The molecule has 0 bridgehead atoms. The maximum Gasteiger partial charge on any atom is 0.310 e. The van der Waals surface area contributed by atoms with Crippen LogP contribution in [0.2, 0.25) is 0 Å². The molecule has 0 fully saturated rings. The first-order valence-electron chi connectivity index (χ1n) is 4.08. The van der Waals surface area contributed by atoms with Crippen molar-refractivity contribution in [3.8, 4) is 0 Å². The lowest BCUT2D eigenvalue weighted by molar-refractivity contribution is -0.139. The normalized spacial score (nSPS) is 9.80. The van der Waals surface area contributed by atoms with Crippen molar-refractivity contribution >= 4 is 44.1 Å². The van der Waals surface area contributed by atoms with Crippen LogP contribution in [0.4, 0.5) is 0 Å². The van der Waals surface area contributed by atoms with Crippen LogP contribution in [0.5, 0.6) is 0 Å². The lowest BCUT2D eigenvalue weighted by atomic mass is 10.1. The van der Waals surface area contributed by atoms with Gasteiger partial charge in [0.2, 0.25) is 0 Å². The highest BCUT2D eigenvalue weighted by Crippen LogP contribution is 2.28. The summed E-state index contributed by atoms with van der Waals surface area (Å²) in [7, 11) is 1.33. The predicted molar refractivity (Wildman–Crippen MR) is 62.9 cm³/mol. The zero-order valence-corrected chi connectivity index (χ0v) is 11.1. The van der Waals surface area contributed by atoms with Crippen LogP contribution in [0, 0.1) is 0 Å². The molecule has 3 nitrogen and oxygen atoms in total. The second-order valence-corrected chi connectivity index (χ2v) is 4.49. The molecule has 0 radical (unpaired) electrons. The molecule has 5 heteroatoms. The molecule has 0 saturated carbocycles. The molecule has 0 aromatic heterocycles. The summed E-state index contributed by atoms with van der Waals surface area (Å²) in [5.41, 5.74) is 1.24. The second kappa shape index (κ2) is 5.42.